The van der Waals surface area contributed by atoms with Crippen LogP contribution in [0.25, 0.3) is 21.9 Å². The number of Topliss-reactive ketones (excluding diaryl/α,β-unsaturated/α-hetero) is 1. The highest BCUT2D eigenvalue weighted by Gasteiger charge is 2.23. The number of benzene rings is 3. The number of halogens is 1. The molecule has 4 rings (SSSR count). The van der Waals surface area contributed by atoms with Crippen LogP contribution in [0.1, 0.15) is 35.0 Å². The molecule has 3 aromatic carbocycles. The maximum atomic E-state index is 13.7. The molecule has 33 heavy (non-hydrogen) atoms. The molecule has 0 saturated heterocycles. The summed E-state index contributed by atoms with van der Waals surface area (Å²) in [4.78, 5) is 27.0. The molecule has 7 heteroatoms. The normalized spacial score (nSPS) is 11.6. The van der Waals surface area contributed by atoms with Crippen molar-refractivity contribution in [2.75, 3.05) is 0 Å². The predicted molar refractivity (Wildman–Crippen MR) is 131 cm³/mol. The summed E-state index contributed by atoms with van der Waals surface area (Å²) in [5, 5.41) is 13.9. The predicted octanol–water partition coefficient (Wildman–Crippen LogP) is 5.06. The molecule has 1 heterocycles. The van der Waals surface area contributed by atoms with Crippen LogP contribution in [0.15, 0.2) is 82.7 Å². The Morgan fingerprint density at radius 3 is 2.42 bits per heavy atom. The van der Waals surface area contributed by atoms with Crippen molar-refractivity contribution in [2.24, 2.45) is 10.9 Å². The van der Waals surface area contributed by atoms with E-state index in [1.54, 1.807) is 49.4 Å². The van der Waals surface area contributed by atoms with E-state index >= 15 is 0 Å². The number of carbonyl (C=O) groups excluding carboxylic acids is 1. The largest absolute Gasteiger partial charge is 0.409 e. The van der Waals surface area contributed by atoms with E-state index in [9.17, 15) is 14.8 Å². The molecular formula is C26H22ClN3O3. The van der Waals surface area contributed by atoms with E-state index in [4.69, 9.17) is 17.3 Å². The maximum absolute atomic E-state index is 13.7. The minimum absolute atomic E-state index is 0.0714. The molecule has 166 valence electrons. The standard InChI is InChI=1S/C26H22ClN3O3/c1-2-22(31)24-23(16-8-4-3-5-9-16)21-14-18(27)12-13-20(21)26(32)30(24)15-17-10-6-7-11-19(17)25(28)29-33/h3-14,33H,2,15H2,1H3,(H2,28,29). The summed E-state index contributed by atoms with van der Waals surface area (Å²) < 4.78 is 1.48. The highest BCUT2D eigenvalue weighted by molar-refractivity contribution is 6.31. The van der Waals surface area contributed by atoms with Crippen molar-refractivity contribution in [3.05, 3.63) is 105 Å². The van der Waals surface area contributed by atoms with Crippen LogP contribution in [-0.2, 0) is 6.54 Å². The van der Waals surface area contributed by atoms with Gasteiger partial charge in [0.1, 0.15) is 0 Å². The van der Waals surface area contributed by atoms with Crippen molar-refractivity contribution in [3.8, 4) is 11.1 Å². The third kappa shape index (κ3) is 4.13. The van der Waals surface area contributed by atoms with Crippen LogP contribution in [0.5, 0.6) is 0 Å². The molecule has 0 bridgehead atoms. The molecule has 0 aliphatic carbocycles. The fourth-order valence-corrected chi connectivity index (χ4v) is 4.23. The number of oxime groups is 1. The minimum Gasteiger partial charge on any atom is -0.409 e. The lowest BCUT2D eigenvalue weighted by Crippen LogP contribution is -2.29. The number of carbonyl (C=O) groups is 1. The van der Waals surface area contributed by atoms with E-state index in [0.29, 0.717) is 38.2 Å². The summed E-state index contributed by atoms with van der Waals surface area (Å²) in [6.07, 6.45) is 0.216. The molecule has 0 radical (unpaired) electrons. The van der Waals surface area contributed by atoms with Crippen LogP contribution in [0, 0.1) is 0 Å². The van der Waals surface area contributed by atoms with Gasteiger partial charge in [0.25, 0.3) is 5.56 Å². The SMILES string of the molecule is CCC(=O)c1c(-c2ccccc2)c2cc(Cl)ccc2c(=O)n1Cc1ccccc1/C(N)=N/O. The third-order valence-corrected chi connectivity index (χ3v) is 5.85. The fourth-order valence-electron chi connectivity index (χ4n) is 4.06. The number of nitrogens with zero attached hydrogens (tertiary/aromatic N) is 2. The Morgan fingerprint density at radius 1 is 1.03 bits per heavy atom. The van der Waals surface area contributed by atoms with Gasteiger partial charge in [-0.1, -0.05) is 78.3 Å². The average molecular weight is 460 g/mol. The Labute approximate surface area is 195 Å². The molecule has 0 unspecified atom stereocenters. The first-order valence-corrected chi connectivity index (χ1v) is 10.8. The van der Waals surface area contributed by atoms with Crippen LogP contribution in [0.3, 0.4) is 0 Å². The van der Waals surface area contributed by atoms with Gasteiger partial charge in [-0.3, -0.25) is 14.2 Å². The van der Waals surface area contributed by atoms with Gasteiger partial charge in [-0.15, -0.1) is 0 Å². The second-order valence-electron chi connectivity index (χ2n) is 7.59. The van der Waals surface area contributed by atoms with Crippen LogP contribution in [0.2, 0.25) is 5.02 Å². The van der Waals surface area contributed by atoms with E-state index in [2.05, 4.69) is 5.16 Å². The van der Waals surface area contributed by atoms with E-state index in [0.717, 1.165) is 5.56 Å². The smallest absolute Gasteiger partial charge is 0.259 e. The number of pyridine rings is 1. The van der Waals surface area contributed by atoms with Gasteiger partial charge < -0.3 is 10.9 Å². The Balaban J connectivity index is 2.12. The van der Waals surface area contributed by atoms with Gasteiger partial charge in [-0.05, 0) is 34.7 Å². The van der Waals surface area contributed by atoms with Gasteiger partial charge in [-0.25, -0.2) is 0 Å². The number of fused-ring (bicyclic) bond motifs is 1. The molecule has 6 nitrogen and oxygen atoms in total. The molecule has 0 spiro atoms. The van der Waals surface area contributed by atoms with Gasteiger partial charge in [0.15, 0.2) is 11.6 Å². The number of aromatic nitrogens is 1. The lowest BCUT2D eigenvalue weighted by atomic mass is 9.94. The fraction of sp³-hybridized carbons (Fsp3) is 0.115. The van der Waals surface area contributed by atoms with Crippen molar-refractivity contribution in [2.45, 2.75) is 19.9 Å². The maximum Gasteiger partial charge on any atom is 0.259 e. The summed E-state index contributed by atoms with van der Waals surface area (Å²) in [5.74, 6) is -0.244. The molecule has 0 aliphatic rings. The summed E-state index contributed by atoms with van der Waals surface area (Å²) in [6.45, 7) is 1.84. The van der Waals surface area contributed by atoms with Gasteiger partial charge in [0, 0.05) is 28.0 Å². The molecule has 0 atom stereocenters. The molecule has 1 aromatic heterocycles. The quantitative estimate of drug-likeness (QED) is 0.138. The Bertz CT molecular complexity index is 1440. The Hall–Kier alpha value is -3.90. The number of ketones is 1. The van der Waals surface area contributed by atoms with Crippen molar-refractivity contribution in [1.82, 2.24) is 4.57 Å². The number of amidine groups is 1. The zero-order valence-corrected chi connectivity index (χ0v) is 18.7. The van der Waals surface area contributed by atoms with Crippen molar-refractivity contribution in [3.63, 3.8) is 0 Å². The second kappa shape index (κ2) is 9.30. The first-order chi connectivity index (χ1) is 16.0. The molecule has 3 N–H and O–H groups in total. The molecule has 4 aromatic rings. The first-order valence-electron chi connectivity index (χ1n) is 10.5. The number of hydrogen-bond acceptors (Lipinski definition) is 4. The van der Waals surface area contributed by atoms with Crippen LogP contribution >= 0.6 is 11.6 Å². The zero-order valence-electron chi connectivity index (χ0n) is 18.0. The Kier molecular flexibility index (Phi) is 6.29. The Morgan fingerprint density at radius 2 is 1.73 bits per heavy atom. The lowest BCUT2D eigenvalue weighted by Gasteiger charge is -2.20. The van der Waals surface area contributed by atoms with Crippen LogP contribution in [0.4, 0.5) is 0 Å². The number of hydrogen-bond donors (Lipinski definition) is 2. The molecule has 0 amide bonds. The van der Waals surface area contributed by atoms with Gasteiger partial charge >= 0.3 is 0 Å². The number of rotatable bonds is 6. The van der Waals surface area contributed by atoms with E-state index < -0.39 is 0 Å². The third-order valence-electron chi connectivity index (χ3n) is 5.61. The number of nitrogens with two attached hydrogens (primary N) is 1. The minimum atomic E-state index is -0.313. The summed E-state index contributed by atoms with van der Waals surface area (Å²) >= 11 is 6.29. The molecule has 0 aliphatic heterocycles. The summed E-state index contributed by atoms with van der Waals surface area (Å²) in [6, 6.07) is 21.6. The van der Waals surface area contributed by atoms with Crippen molar-refractivity contribution in [1.29, 1.82) is 0 Å². The summed E-state index contributed by atoms with van der Waals surface area (Å²) in [7, 11) is 0. The molecule has 0 fully saturated rings. The molecule has 0 saturated carbocycles. The van der Waals surface area contributed by atoms with Crippen molar-refractivity contribution >= 4 is 34.0 Å². The topological polar surface area (TPSA) is 97.7 Å². The lowest BCUT2D eigenvalue weighted by molar-refractivity contribution is 0.0979. The van der Waals surface area contributed by atoms with E-state index in [-0.39, 0.29) is 30.1 Å². The van der Waals surface area contributed by atoms with Gasteiger partial charge in [0.05, 0.1) is 12.2 Å². The van der Waals surface area contributed by atoms with Gasteiger partial charge in [-0.2, -0.15) is 0 Å². The highest BCUT2D eigenvalue weighted by atomic mass is 35.5. The average Bonchev–Trinajstić information content (AvgIpc) is 2.85. The van der Waals surface area contributed by atoms with Crippen molar-refractivity contribution < 1.29 is 10.0 Å². The van der Waals surface area contributed by atoms with E-state index in [1.807, 2.05) is 30.3 Å². The highest BCUT2D eigenvalue weighted by Crippen LogP contribution is 2.33. The van der Waals surface area contributed by atoms with Gasteiger partial charge in [0.2, 0.25) is 0 Å². The second-order valence-corrected chi connectivity index (χ2v) is 8.03. The van der Waals surface area contributed by atoms with Crippen LogP contribution < -0.4 is 11.3 Å². The van der Waals surface area contributed by atoms with Crippen LogP contribution in [-0.4, -0.2) is 21.4 Å². The monoisotopic (exact) mass is 459 g/mol. The van der Waals surface area contributed by atoms with E-state index in [1.165, 1.54) is 4.57 Å². The first kappa shape index (κ1) is 22.3. The molecular weight excluding hydrogens is 438 g/mol. The summed E-state index contributed by atoms with van der Waals surface area (Å²) in [5.41, 5.74) is 8.45. The zero-order chi connectivity index (χ0) is 23.5.